The number of halogens is 1. The second-order valence-electron chi connectivity index (χ2n) is 6.60. The number of benzene rings is 1. The van der Waals surface area contributed by atoms with Gasteiger partial charge >= 0.3 is 0 Å². The van der Waals surface area contributed by atoms with Crippen molar-refractivity contribution >= 4 is 27.5 Å². The summed E-state index contributed by atoms with van der Waals surface area (Å²) in [6, 6.07) is 4.24. The normalized spacial score (nSPS) is 22.4. The number of piperidine rings is 1. The van der Waals surface area contributed by atoms with Crippen LogP contribution in [0.4, 0.5) is 0 Å². The molecule has 3 rings (SSSR count). The van der Waals surface area contributed by atoms with Crippen molar-refractivity contribution in [1.82, 2.24) is 9.21 Å². The third kappa shape index (κ3) is 4.04. The van der Waals surface area contributed by atoms with Gasteiger partial charge in [0.25, 0.3) is 5.91 Å². The van der Waals surface area contributed by atoms with Crippen LogP contribution in [0.1, 0.15) is 23.2 Å². The number of nitrogens with zero attached hydrogens (tertiary/aromatic N) is 2. The van der Waals surface area contributed by atoms with Gasteiger partial charge in [0.05, 0.1) is 28.7 Å². The Kier molecular flexibility index (Phi) is 6.19. The fraction of sp³-hybridized carbons (Fsp3) is 0.588. The molecular weight excluding hydrogens is 380 g/mol. The number of aliphatic hydroxyl groups excluding tert-OH is 1. The molecule has 0 bridgehead atoms. The van der Waals surface area contributed by atoms with E-state index in [1.165, 1.54) is 22.5 Å². The van der Waals surface area contributed by atoms with Gasteiger partial charge in [-0.1, -0.05) is 11.6 Å². The maximum atomic E-state index is 12.9. The Labute approximate surface area is 158 Å². The van der Waals surface area contributed by atoms with E-state index < -0.39 is 10.0 Å². The van der Waals surface area contributed by atoms with Gasteiger partial charge in [0.15, 0.2) is 0 Å². The molecular formula is C17H23ClN2O5S. The Morgan fingerprint density at radius 2 is 2.00 bits per heavy atom. The number of hydrogen-bond donors (Lipinski definition) is 1. The van der Waals surface area contributed by atoms with Gasteiger partial charge in [-0.25, -0.2) is 8.42 Å². The van der Waals surface area contributed by atoms with Crippen LogP contribution in [0, 0.1) is 5.92 Å². The lowest BCUT2D eigenvalue weighted by Crippen LogP contribution is -2.41. The number of likely N-dealkylation sites (tertiary alicyclic amines) is 1. The molecule has 9 heteroatoms. The maximum absolute atomic E-state index is 12.9. The Bertz CT molecular complexity index is 764. The van der Waals surface area contributed by atoms with Gasteiger partial charge in [0, 0.05) is 32.8 Å². The SMILES string of the molecule is O=C(c1cc(S(=O)(=O)N2CCOCC2)ccc1Cl)N1CCC[C@@H](CO)C1. The molecule has 0 spiro atoms. The minimum Gasteiger partial charge on any atom is -0.396 e. The Balaban J connectivity index is 1.86. The minimum absolute atomic E-state index is 0.0307. The van der Waals surface area contributed by atoms with Crippen molar-refractivity contribution in [1.29, 1.82) is 0 Å². The number of carbonyl (C=O) groups excluding carboxylic acids is 1. The Morgan fingerprint density at radius 1 is 1.27 bits per heavy atom. The summed E-state index contributed by atoms with van der Waals surface area (Å²) in [4.78, 5) is 14.6. The zero-order valence-electron chi connectivity index (χ0n) is 14.4. The van der Waals surface area contributed by atoms with Crippen LogP contribution in [-0.4, -0.2) is 74.6 Å². The third-order valence-corrected chi connectivity index (χ3v) is 7.06. The van der Waals surface area contributed by atoms with E-state index >= 15 is 0 Å². The average molecular weight is 403 g/mol. The number of hydrogen-bond acceptors (Lipinski definition) is 5. The molecule has 26 heavy (non-hydrogen) atoms. The van der Waals surface area contributed by atoms with E-state index in [-0.39, 0.29) is 33.9 Å². The molecule has 2 aliphatic heterocycles. The molecule has 1 amide bonds. The van der Waals surface area contributed by atoms with Crippen molar-refractivity contribution < 1.29 is 23.1 Å². The molecule has 1 N–H and O–H groups in total. The summed E-state index contributed by atoms with van der Waals surface area (Å²) in [5.74, 6) is -0.251. The van der Waals surface area contributed by atoms with Gasteiger partial charge in [-0.05, 0) is 37.0 Å². The summed E-state index contributed by atoms with van der Waals surface area (Å²) in [7, 11) is -3.70. The number of amides is 1. The highest BCUT2D eigenvalue weighted by molar-refractivity contribution is 7.89. The summed E-state index contributed by atoms with van der Waals surface area (Å²) in [6.07, 6.45) is 1.68. The van der Waals surface area contributed by atoms with Gasteiger partial charge in [0.1, 0.15) is 0 Å². The second-order valence-corrected chi connectivity index (χ2v) is 8.95. The average Bonchev–Trinajstić information content (AvgIpc) is 2.68. The predicted octanol–water partition coefficient (Wildman–Crippen LogP) is 1.21. The first-order chi connectivity index (χ1) is 12.4. The van der Waals surface area contributed by atoms with Crippen molar-refractivity contribution in [3.8, 4) is 0 Å². The summed E-state index contributed by atoms with van der Waals surface area (Å²) < 4.78 is 32.2. The standard InChI is InChI=1S/C17H23ClN2O5S/c18-16-4-3-14(26(23,24)20-6-8-25-9-7-20)10-15(16)17(22)19-5-1-2-13(11-19)12-21/h3-4,10,13,21H,1-2,5-9,11-12H2/t13-/m1/s1. The van der Waals surface area contributed by atoms with Crippen LogP contribution in [0.25, 0.3) is 0 Å². The molecule has 0 radical (unpaired) electrons. The molecule has 1 aromatic rings. The first-order valence-corrected chi connectivity index (χ1v) is 10.5. The molecule has 0 aromatic heterocycles. The molecule has 2 aliphatic rings. The number of rotatable bonds is 4. The van der Waals surface area contributed by atoms with Crippen LogP contribution < -0.4 is 0 Å². The van der Waals surface area contributed by atoms with Crippen molar-refractivity contribution in [3.63, 3.8) is 0 Å². The third-order valence-electron chi connectivity index (χ3n) is 4.84. The van der Waals surface area contributed by atoms with E-state index in [1.807, 2.05) is 0 Å². The van der Waals surface area contributed by atoms with Gasteiger partial charge in [0.2, 0.25) is 10.0 Å². The molecule has 2 fully saturated rings. The van der Waals surface area contributed by atoms with Crippen molar-refractivity contribution in [2.45, 2.75) is 17.7 Å². The quantitative estimate of drug-likeness (QED) is 0.817. The zero-order valence-corrected chi connectivity index (χ0v) is 16.0. The zero-order chi connectivity index (χ0) is 18.7. The van der Waals surface area contributed by atoms with Crippen molar-refractivity contribution in [2.24, 2.45) is 5.92 Å². The second kappa shape index (κ2) is 8.22. The van der Waals surface area contributed by atoms with E-state index in [0.29, 0.717) is 39.4 Å². The van der Waals surface area contributed by atoms with E-state index in [9.17, 15) is 18.3 Å². The molecule has 0 saturated carbocycles. The first kappa shape index (κ1) is 19.6. The summed E-state index contributed by atoms with van der Waals surface area (Å²) in [6.45, 7) is 2.35. The van der Waals surface area contributed by atoms with Gasteiger partial charge in [-0.2, -0.15) is 4.31 Å². The molecule has 144 valence electrons. The summed E-state index contributed by atoms with van der Waals surface area (Å²) in [5, 5.41) is 9.58. The lowest BCUT2D eigenvalue weighted by Gasteiger charge is -2.32. The number of sulfonamides is 1. The molecule has 7 nitrogen and oxygen atoms in total. The lowest BCUT2D eigenvalue weighted by atomic mass is 9.98. The smallest absolute Gasteiger partial charge is 0.255 e. The maximum Gasteiger partial charge on any atom is 0.255 e. The summed E-state index contributed by atoms with van der Waals surface area (Å²) >= 11 is 6.19. The highest BCUT2D eigenvalue weighted by atomic mass is 35.5. The number of ether oxygens (including phenoxy) is 1. The Morgan fingerprint density at radius 3 is 2.69 bits per heavy atom. The highest BCUT2D eigenvalue weighted by Crippen LogP contribution is 2.26. The number of morpholine rings is 1. The van der Waals surface area contributed by atoms with Gasteiger partial charge < -0.3 is 14.7 Å². The predicted molar refractivity (Wildman–Crippen MR) is 96.7 cm³/mol. The van der Waals surface area contributed by atoms with Crippen LogP contribution in [0.5, 0.6) is 0 Å². The lowest BCUT2D eigenvalue weighted by molar-refractivity contribution is 0.0620. The summed E-state index contributed by atoms with van der Waals surface area (Å²) in [5.41, 5.74) is 0.180. The van der Waals surface area contributed by atoms with Crippen molar-refractivity contribution in [3.05, 3.63) is 28.8 Å². The van der Waals surface area contributed by atoms with Crippen LogP contribution in [-0.2, 0) is 14.8 Å². The van der Waals surface area contributed by atoms with Crippen LogP contribution in [0.3, 0.4) is 0 Å². The van der Waals surface area contributed by atoms with E-state index in [2.05, 4.69) is 0 Å². The topological polar surface area (TPSA) is 87.2 Å². The molecule has 0 aliphatic carbocycles. The van der Waals surface area contributed by atoms with Crippen LogP contribution in [0.15, 0.2) is 23.1 Å². The fourth-order valence-corrected chi connectivity index (χ4v) is 4.97. The molecule has 1 aromatic carbocycles. The molecule has 2 saturated heterocycles. The van der Waals surface area contributed by atoms with E-state index in [4.69, 9.17) is 16.3 Å². The van der Waals surface area contributed by atoms with Crippen molar-refractivity contribution in [2.75, 3.05) is 46.0 Å². The minimum atomic E-state index is -3.70. The monoisotopic (exact) mass is 402 g/mol. The van der Waals surface area contributed by atoms with Gasteiger partial charge in [-0.15, -0.1) is 0 Å². The first-order valence-electron chi connectivity index (χ1n) is 8.71. The highest BCUT2D eigenvalue weighted by Gasteiger charge is 2.30. The molecule has 0 unspecified atom stereocenters. The largest absolute Gasteiger partial charge is 0.396 e. The fourth-order valence-electron chi connectivity index (χ4n) is 3.33. The molecule has 1 atom stereocenters. The van der Waals surface area contributed by atoms with E-state index in [0.717, 1.165) is 12.8 Å². The number of carbonyl (C=O) groups is 1. The number of aliphatic hydroxyl groups is 1. The van der Waals surface area contributed by atoms with Crippen LogP contribution in [0.2, 0.25) is 5.02 Å². The Hall–Kier alpha value is -1.19. The van der Waals surface area contributed by atoms with Crippen LogP contribution >= 0.6 is 11.6 Å². The molecule has 2 heterocycles. The van der Waals surface area contributed by atoms with E-state index in [1.54, 1.807) is 4.90 Å². The van der Waals surface area contributed by atoms with Gasteiger partial charge in [-0.3, -0.25) is 4.79 Å².